The third-order valence-corrected chi connectivity index (χ3v) is 4.43. The van der Waals surface area contributed by atoms with Gasteiger partial charge in [0.05, 0.1) is 6.61 Å². The average molecular weight is 395 g/mol. The number of nitrogens with one attached hydrogen (secondary N) is 3. The van der Waals surface area contributed by atoms with Crippen LogP contribution >= 0.6 is 12.4 Å². The van der Waals surface area contributed by atoms with E-state index in [-0.39, 0.29) is 18.3 Å². The number of fused-ring (bicyclic) bond motifs is 1. The zero-order valence-electron chi connectivity index (χ0n) is 15.8. The first-order valence-corrected chi connectivity index (χ1v) is 8.95. The Labute approximate surface area is 165 Å². The van der Waals surface area contributed by atoms with Gasteiger partial charge in [0.1, 0.15) is 5.75 Å². The number of carbonyl (C=O) groups excluding carboxylic acids is 1. The van der Waals surface area contributed by atoms with Gasteiger partial charge in [0, 0.05) is 63.0 Å². The second kappa shape index (κ2) is 10.3. The lowest BCUT2D eigenvalue weighted by Gasteiger charge is -2.14. The van der Waals surface area contributed by atoms with Gasteiger partial charge in [-0.05, 0) is 18.6 Å². The number of hydrogen-bond acceptors (Lipinski definition) is 5. The van der Waals surface area contributed by atoms with Crippen LogP contribution in [0.4, 0.5) is 0 Å². The Bertz CT molecular complexity index is 763. The predicted molar refractivity (Wildman–Crippen MR) is 106 cm³/mol. The number of rotatable bonds is 8. The summed E-state index contributed by atoms with van der Waals surface area (Å²) >= 11 is 0. The molecule has 0 aliphatic carbocycles. The van der Waals surface area contributed by atoms with Gasteiger partial charge in [0.25, 0.3) is 5.91 Å². The van der Waals surface area contributed by atoms with Crippen molar-refractivity contribution in [1.29, 1.82) is 0 Å². The Hall–Kier alpha value is -2.09. The van der Waals surface area contributed by atoms with Crippen LogP contribution in [-0.4, -0.2) is 43.0 Å². The van der Waals surface area contributed by atoms with Gasteiger partial charge in [-0.3, -0.25) is 9.89 Å². The minimum atomic E-state index is -0.169. The van der Waals surface area contributed by atoms with Crippen molar-refractivity contribution in [2.24, 2.45) is 0 Å². The molecule has 0 saturated heterocycles. The topological polar surface area (TPSA) is 88.3 Å². The van der Waals surface area contributed by atoms with Crippen molar-refractivity contribution in [2.45, 2.75) is 32.9 Å². The van der Waals surface area contributed by atoms with Gasteiger partial charge in [-0.15, -0.1) is 12.4 Å². The molecule has 2 aromatic rings. The Morgan fingerprint density at radius 1 is 1.33 bits per heavy atom. The second-order valence-electron chi connectivity index (χ2n) is 6.44. The van der Waals surface area contributed by atoms with Crippen LogP contribution < -0.4 is 15.4 Å². The number of benzene rings is 1. The van der Waals surface area contributed by atoms with E-state index in [1.807, 2.05) is 25.1 Å². The van der Waals surface area contributed by atoms with E-state index in [0.29, 0.717) is 32.0 Å². The molecule has 3 N–H and O–H groups in total. The van der Waals surface area contributed by atoms with Crippen LogP contribution in [-0.2, 0) is 24.2 Å². The Morgan fingerprint density at radius 3 is 3.00 bits per heavy atom. The summed E-state index contributed by atoms with van der Waals surface area (Å²) in [4.78, 5) is 12.5. The number of H-pyrrole nitrogens is 1. The lowest BCUT2D eigenvalue weighted by atomic mass is 10.1. The number of halogens is 1. The zero-order valence-corrected chi connectivity index (χ0v) is 16.6. The summed E-state index contributed by atoms with van der Waals surface area (Å²) in [6, 6.07) is 6.00. The van der Waals surface area contributed by atoms with E-state index in [0.717, 1.165) is 47.5 Å². The molecule has 0 saturated carbocycles. The summed E-state index contributed by atoms with van der Waals surface area (Å²) in [5.74, 6) is 0.629. The normalized spacial score (nSPS) is 12.8. The van der Waals surface area contributed by atoms with Gasteiger partial charge in [-0.2, -0.15) is 5.10 Å². The van der Waals surface area contributed by atoms with E-state index < -0.39 is 0 Å². The summed E-state index contributed by atoms with van der Waals surface area (Å²) in [5.41, 5.74) is 4.56. The first-order valence-electron chi connectivity index (χ1n) is 8.95. The molecule has 7 nitrogen and oxygen atoms in total. The largest absolute Gasteiger partial charge is 0.493 e. The maximum Gasteiger partial charge on any atom is 0.272 e. The molecule has 0 bridgehead atoms. The minimum absolute atomic E-state index is 0. The molecule has 0 radical (unpaired) electrons. The van der Waals surface area contributed by atoms with Crippen LogP contribution in [0.3, 0.4) is 0 Å². The maximum atomic E-state index is 12.5. The summed E-state index contributed by atoms with van der Waals surface area (Å²) in [5, 5.41) is 13.4. The smallest absolute Gasteiger partial charge is 0.272 e. The molecule has 8 heteroatoms. The molecular formula is C19H27ClN4O3. The van der Waals surface area contributed by atoms with Gasteiger partial charge in [-0.1, -0.05) is 12.1 Å². The van der Waals surface area contributed by atoms with E-state index in [1.165, 1.54) is 0 Å². The fraction of sp³-hybridized carbons (Fsp3) is 0.474. The second-order valence-corrected chi connectivity index (χ2v) is 6.44. The monoisotopic (exact) mass is 394 g/mol. The summed E-state index contributed by atoms with van der Waals surface area (Å²) in [6.45, 7) is 5.24. The van der Waals surface area contributed by atoms with Crippen LogP contribution in [0.2, 0.25) is 0 Å². The number of carbonyl (C=O) groups is 1. The molecule has 1 amide bonds. The highest BCUT2D eigenvalue weighted by molar-refractivity contribution is 5.94. The van der Waals surface area contributed by atoms with Crippen molar-refractivity contribution in [3.05, 3.63) is 46.3 Å². The molecule has 148 valence electrons. The van der Waals surface area contributed by atoms with Crippen LogP contribution in [0.5, 0.6) is 5.75 Å². The predicted octanol–water partition coefficient (Wildman–Crippen LogP) is 2.13. The van der Waals surface area contributed by atoms with Gasteiger partial charge in [0.2, 0.25) is 0 Å². The van der Waals surface area contributed by atoms with E-state index in [4.69, 9.17) is 9.47 Å². The van der Waals surface area contributed by atoms with Crippen molar-refractivity contribution >= 4 is 18.3 Å². The first-order chi connectivity index (χ1) is 12.7. The summed E-state index contributed by atoms with van der Waals surface area (Å²) < 4.78 is 10.9. The SMILES string of the molecule is COCCCOc1cc(C)ccc1CNC(=O)c1n[nH]c2c1CNCC2.Cl. The molecule has 1 aliphatic heterocycles. The number of hydrogen-bond donors (Lipinski definition) is 3. The highest BCUT2D eigenvalue weighted by atomic mass is 35.5. The van der Waals surface area contributed by atoms with Crippen LogP contribution in [0, 0.1) is 6.92 Å². The molecule has 1 aromatic heterocycles. The van der Waals surface area contributed by atoms with E-state index in [9.17, 15) is 4.79 Å². The number of methoxy groups -OCH3 is 1. The highest BCUT2D eigenvalue weighted by Crippen LogP contribution is 2.21. The molecule has 1 aromatic carbocycles. The molecular weight excluding hydrogens is 368 g/mol. The van der Waals surface area contributed by atoms with Crippen LogP contribution in [0.25, 0.3) is 0 Å². The third kappa shape index (κ3) is 5.45. The Kier molecular flexibility index (Phi) is 8.09. The summed E-state index contributed by atoms with van der Waals surface area (Å²) in [7, 11) is 1.68. The number of aromatic amines is 1. The highest BCUT2D eigenvalue weighted by Gasteiger charge is 2.21. The number of aryl methyl sites for hydroxylation is 1. The minimum Gasteiger partial charge on any atom is -0.493 e. The standard InChI is InChI=1S/C19H26N4O3.ClH/c1-13-4-5-14(17(10-13)26-9-3-8-25-2)11-21-19(24)18-15-12-20-7-6-16(15)22-23-18;/h4-5,10,20H,3,6-9,11-12H2,1-2H3,(H,21,24)(H,22,23);1H. The number of aromatic nitrogens is 2. The molecule has 1 aliphatic rings. The van der Waals surface area contributed by atoms with Crippen LogP contribution in [0.15, 0.2) is 18.2 Å². The molecule has 27 heavy (non-hydrogen) atoms. The van der Waals surface area contributed by atoms with Crippen molar-refractivity contribution in [3.8, 4) is 5.75 Å². The quantitative estimate of drug-likeness (QED) is 0.597. The van der Waals surface area contributed by atoms with E-state index >= 15 is 0 Å². The zero-order chi connectivity index (χ0) is 18.4. The number of ether oxygens (including phenoxy) is 2. The van der Waals surface area contributed by atoms with Gasteiger partial charge >= 0.3 is 0 Å². The first kappa shape index (κ1) is 21.2. The van der Waals surface area contributed by atoms with E-state index in [2.05, 4.69) is 20.8 Å². The fourth-order valence-corrected chi connectivity index (χ4v) is 3.00. The molecule has 0 spiro atoms. The Morgan fingerprint density at radius 2 is 2.19 bits per heavy atom. The maximum absolute atomic E-state index is 12.5. The van der Waals surface area contributed by atoms with Crippen molar-refractivity contribution in [3.63, 3.8) is 0 Å². The number of nitrogens with zero attached hydrogens (tertiary/aromatic N) is 1. The van der Waals surface area contributed by atoms with Gasteiger partial charge < -0.3 is 20.1 Å². The lowest BCUT2D eigenvalue weighted by molar-refractivity contribution is 0.0944. The molecule has 0 unspecified atom stereocenters. The van der Waals surface area contributed by atoms with Crippen molar-refractivity contribution < 1.29 is 14.3 Å². The summed E-state index contributed by atoms with van der Waals surface area (Å²) in [6.07, 6.45) is 1.69. The molecule has 2 heterocycles. The lowest BCUT2D eigenvalue weighted by Crippen LogP contribution is -2.28. The third-order valence-electron chi connectivity index (χ3n) is 4.43. The van der Waals surface area contributed by atoms with Crippen LogP contribution in [0.1, 0.15) is 39.3 Å². The van der Waals surface area contributed by atoms with Gasteiger partial charge in [-0.25, -0.2) is 0 Å². The van der Waals surface area contributed by atoms with Gasteiger partial charge in [0.15, 0.2) is 5.69 Å². The molecule has 0 fully saturated rings. The van der Waals surface area contributed by atoms with E-state index in [1.54, 1.807) is 7.11 Å². The van der Waals surface area contributed by atoms with Crippen molar-refractivity contribution in [1.82, 2.24) is 20.8 Å². The number of amides is 1. The average Bonchev–Trinajstić information content (AvgIpc) is 3.08. The van der Waals surface area contributed by atoms with Crippen molar-refractivity contribution in [2.75, 3.05) is 26.9 Å². The Balaban J connectivity index is 0.00000261. The molecule has 3 rings (SSSR count). The fourth-order valence-electron chi connectivity index (χ4n) is 3.00. The molecule has 0 atom stereocenters.